The van der Waals surface area contributed by atoms with Crippen LogP contribution in [0.25, 0.3) is 0 Å². The number of carbonyl (C=O) groups is 1. The zero-order chi connectivity index (χ0) is 19.0. The minimum absolute atomic E-state index is 0.0175. The quantitative estimate of drug-likeness (QED) is 0.852. The second-order valence-corrected chi connectivity index (χ2v) is 8.54. The van der Waals surface area contributed by atoms with Crippen molar-refractivity contribution in [3.63, 3.8) is 0 Å². The lowest BCUT2D eigenvalue weighted by molar-refractivity contribution is -0.142. The van der Waals surface area contributed by atoms with Crippen LogP contribution in [-0.2, 0) is 16.6 Å². The molecule has 2 aliphatic rings. The number of nitrogens with zero attached hydrogens (tertiary/aromatic N) is 3. The van der Waals surface area contributed by atoms with Crippen molar-refractivity contribution in [2.75, 3.05) is 38.1 Å². The number of likely N-dealkylation sites (N-methyl/N-ethyl adjacent to an activating group) is 1. The highest BCUT2D eigenvalue weighted by atomic mass is 32.1. The molecule has 7 heteroatoms. The van der Waals surface area contributed by atoms with Crippen molar-refractivity contribution >= 4 is 23.0 Å². The van der Waals surface area contributed by atoms with Crippen LogP contribution in [0.3, 0.4) is 0 Å². The van der Waals surface area contributed by atoms with E-state index in [2.05, 4.69) is 21.8 Å². The molecule has 1 aromatic carbocycles. The molecule has 0 bridgehead atoms. The molecule has 1 fully saturated rings. The lowest BCUT2D eigenvalue weighted by Gasteiger charge is -2.40. The van der Waals surface area contributed by atoms with Gasteiger partial charge in [-0.05, 0) is 49.7 Å². The van der Waals surface area contributed by atoms with Crippen LogP contribution in [0.2, 0.25) is 0 Å². The number of rotatable bonds is 5. The first-order valence-corrected chi connectivity index (χ1v) is 10.2. The highest BCUT2D eigenvalue weighted by Crippen LogP contribution is 2.46. The van der Waals surface area contributed by atoms with E-state index in [9.17, 15) is 14.3 Å². The SMILES string of the molecule is CN1CC2(CCN(CC(Cc3cscn3)C(=O)O)CC2)c2cc(F)ccc21. The van der Waals surface area contributed by atoms with Crippen molar-refractivity contribution in [1.29, 1.82) is 0 Å². The number of halogens is 1. The third-order valence-electron chi connectivity index (χ3n) is 6.06. The zero-order valence-electron chi connectivity index (χ0n) is 15.4. The van der Waals surface area contributed by atoms with Gasteiger partial charge in [0, 0.05) is 43.0 Å². The molecular formula is C20H24FN3O2S. The molecule has 1 spiro atoms. The Kier molecular flexibility index (Phi) is 4.90. The van der Waals surface area contributed by atoms with E-state index in [1.54, 1.807) is 11.6 Å². The third kappa shape index (κ3) is 3.58. The number of carboxylic acids is 1. The summed E-state index contributed by atoms with van der Waals surface area (Å²) in [6.07, 6.45) is 2.32. The van der Waals surface area contributed by atoms with Gasteiger partial charge >= 0.3 is 5.97 Å². The highest BCUT2D eigenvalue weighted by molar-refractivity contribution is 7.07. The Morgan fingerprint density at radius 1 is 1.41 bits per heavy atom. The summed E-state index contributed by atoms with van der Waals surface area (Å²) in [5.74, 6) is -1.39. The molecule has 0 aliphatic carbocycles. The van der Waals surface area contributed by atoms with Gasteiger partial charge in [-0.25, -0.2) is 9.37 Å². The first-order chi connectivity index (χ1) is 13.0. The van der Waals surface area contributed by atoms with Gasteiger partial charge in [-0.3, -0.25) is 4.79 Å². The largest absolute Gasteiger partial charge is 0.481 e. The second-order valence-electron chi connectivity index (χ2n) is 7.82. The minimum Gasteiger partial charge on any atom is -0.481 e. The summed E-state index contributed by atoms with van der Waals surface area (Å²) in [4.78, 5) is 20.4. The van der Waals surface area contributed by atoms with Gasteiger partial charge < -0.3 is 14.9 Å². The van der Waals surface area contributed by atoms with Crippen LogP contribution in [0.1, 0.15) is 24.1 Å². The summed E-state index contributed by atoms with van der Waals surface area (Å²) < 4.78 is 13.8. The number of benzene rings is 1. The van der Waals surface area contributed by atoms with Crippen molar-refractivity contribution in [3.05, 3.63) is 46.2 Å². The van der Waals surface area contributed by atoms with E-state index in [1.807, 2.05) is 11.4 Å². The molecule has 27 heavy (non-hydrogen) atoms. The molecule has 5 nitrogen and oxygen atoms in total. The Morgan fingerprint density at radius 2 is 2.19 bits per heavy atom. The molecule has 0 amide bonds. The summed E-state index contributed by atoms with van der Waals surface area (Å²) in [5.41, 5.74) is 4.81. The smallest absolute Gasteiger partial charge is 0.308 e. The minimum atomic E-state index is -0.767. The van der Waals surface area contributed by atoms with Crippen LogP contribution in [0.5, 0.6) is 0 Å². The van der Waals surface area contributed by atoms with Crippen LogP contribution in [0.15, 0.2) is 29.1 Å². The molecule has 2 aromatic rings. The summed E-state index contributed by atoms with van der Waals surface area (Å²) in [5, 5.41) is 11.5. The Hall–Kier alpha value is -1.99. The highest BCUT2D eigenvalue weighted by Gasteiger charge is 2.44. The maximum absolute atomic E-state index is 13.8. The zero-order valence-corrected chi connectivity index (χ0v) is 16.2. The van der Waals surface area contributed by atoms with Gasteiger partial charge in [0.05, 0.1) is 17.1 Å². The van der Waals surface area contributed by atoms with Crippen molar-refractivity contribution in [2.24, 2.45) is 5.92 Å². The van der Waals surface area contributed by atoms with Gasteiger partial charge in [0.25, 0.3) is 0 Å². The average Bonchev–Trinajstić information content (AvgIpc) is 3.23. The molecular weight excluding hydrogens is 365 g/mol. The van der Waals surface area contributed by atoms with E-state index in [4.69, 9.17) is 0 Å². The first kappa shape index (κ1) is 18.4. The van der Waals surface area contributed by atoms with Crippen molar-refractivity contribution < 1.29 is 14.3 Å². The van der Waals surface area contributed by atoms with Crippen LogP contribution < -0.4 is 4.90 Å². The Morgan fingerprint density at radius 3 is 2.85 bits per heavy atom. The molecule has 0 saturated carbocycles. The first-order valence-electron chi connectivity index (χ1n) is 9.30. The van der Waals surface area contributed by atoms with Crippen molar-refractivity contribution in [1.82, 2.24) is 9.88 Å². The van der Waals surface area contributed by atoms with Crippen LogP contribution in [0, 0.1) is 11.7 Å². The molecule has 1 aromatic heterocycles. The second kappa shape index (κ2) is 7.20. The summed E-state index contributed by atoms with van der Waals surface area (Å²) >= 11 is 1.49. The number of aromatic nitrogens is 1. The fourth-order valence-electron chi connectivity index (χ4n) is 4.61. The van der Waals surface area contributed by atoms with E-state index in [-0.39, 0.29) is 11.2 Å². The molecule has 2 aliphatic heterocycles. The number of hydrogen-bond acceptors (Lipinski definition) is 5. The molecule has 0 radical (unpaired) electrons. The molecule has 4 rings (SSSR count). The number of likely N-dealkylation sites (tertiary alicyclic amines) is 1. The van der Waals surface area contributed by atoms with Gasteiger partial charge in [-0.15, -0.1) is 11.3 Å². The number of fused-ring (bicyclic) bond motifs is 2. The molecule has 3 heterocycles. The number of aliphatic carboxylic acids is 1. The standard InChI is InChI=1S/C20H24FN3O2S/c1-23-12-20(17-9-15(21)2-3-18(17)23)4-6-24(7-5-20)10-14(19(25)26)8-16-11-27-13-22-16/h2-3,9,11,13-14H,4-8,10,12H2,1H3,(H,25,26). The third-order valence-corrected chi connectivity index (χ3v) is 6.70. The summed E-state index contributed by atoms with van der Waals surface area (Å²) in [7, 11) is 2.06. The number of anilines is 1. The topological polar surface area (TPSA) is 56.7 Å². The van der Waals surface area contributed by atoms with Crippen LogP contribution >= 0.6 is 11.3 Å². The maximum atomic E-state index is 13.8. The molecule has 1 atom stereocenters. The normalized spacial score (nSPS) is 20.0. The predicted molar refractivity (Wildman–Crippen MR) is 104 cm³/mol. The maximum Gasteiger partial charge on any atom is 0.308 e. The van der Waals surface area contributed by atoms with E-state index < -0.39 is 11.9 Å². The Labute approximate surface area is 162 Å². The van der Waals surface area contributed by atoms with Gasteiger partial charge in [0.1, 0.15) is 5.82 Å². The fraction of sp³-hybridized carbons (Fsp3) is 0.500. The monoisotopic (exact) mass is 389 g/mol. The van der Waals surface area contributed by atoms with Gasteiger partial charge in [-0.2, -0.15) is 0 Å². The predicted octanol–water partition coefficient (Wildman–Crippen LogP) is 3.01. The molecule has 1 saturated heterocycles. The van der Waals surface area contributed by atoms with Gasteiger partial charge in [0.15, 0.2) is 0 Å². The number of hydrogen-bond donors (Lipinski definition) is 1. The van der Waals surface area contributed by atoms with Gasteiger partial charge in [0.2, 0.25) is 0 Å². The van der Waals surface area contributed by atoms with E-state index in [0.29, 0.717) is 13.0 Å². The van der Waals surface area contributed by atoms with Gasteiger partial charge in [-0.1, -0.05) is 0 Å². The van der Waals surface area contributed by atoms with Crippen LogP contribution in [0.4, 0.5) is 10.1 Å². The Bertz CT molecular complexity index is 819. The van der Waals surface area contributed by atoms with E-state index in [1.165, 1.54) is 17.4 Å². The number of thiazole rings is 1. The number of piperidine rings is 1. The summed E-state index contributed by atoms with van der Waals surface area (Å²) in [6.45, 7) is 3.12. The fourth-order valence-corrected chi connectivity index (χ4v) is 5.19. The number of carboxylic acid groups (broad SMARTS) is 1. The van der Waals surface area contributed by atoms with Crippen LogP contribution in [-0.4, -0.2) is 54.2 Å². The lowest BCUT2D eigenvalue weighted by Crippen LogP contribution is -2.47. The molecule has 144 valence electrons. The Balaban J connectivity index is 1.43. The van der Waals surface area contributed by atoms with Crippen molar-refractivity contribution in [2.45, 2.75) is 24.7 Å². The van der Waals surface area contributed by atoms with E-state index in [0.717, 1.165) is 49.4 Å². The summed E-state index contributed by atoms with van der Waals surface area (Å²) in [6, 6.07) is 5.09. The average molecular weight is 389 g/mol. The molecule has 1 N–H and O–H groups in total. The molecule has 1 unspecified atom stereocenters. The lowest BCUT2D eigenvalue weighted by atomic mass is 9.74. The van der Waals surface area contributed by atoms with E-state index >= 15 is 0 Å². The van der Waals surface area contributed by atoms with Crippen molar-refractivity contribution in [3.8, 4) is 0 Å².